The van der Waals surface area contributed by atoms with E-state index in [1.54, 1.807) is 31.3 Å². The number of rotatable bonds is 7. The number of benzene rings is 1. The minimum absolute atomic E-state index is 0.378. The Hall–Kier alpha value is -2.57. The van der Waals surface area contributed by atoms with Crippen LogP contribution in [0.3, 0.4) is 0 Å². The Kier molecular flexibility index (Phi) is 4.54. The number of ether oxygens (including phenoxy) is 1. The van der Waals surface area contributed by atoms with Gasteiger partial charge in [-0.15, -0.1) is 0 Å². The van der Waals surface area contributed by atoms with Crippen molar-refractivity contribution in [1.29, 1.82) is 0 Å². The van der Waals surface area contributed by atoms with Crippen molar-refractivity contribution in [3.8, 4) is 5.75 Å². The fourth-order valence-corrected chi connectivity index (χ4v) is 1.69. The molecule has 1 aromatic heterocycles. The van der Waals surface area contributed by atoms with Gasteiger partial charge < -0.3 is 10.1 Å². The average molecular weight is 276 g/mol. The van der Waals surface area contributed by atoms with Gasteiger partial charge >= 0.3 is 5.69 Å². The molecule has 2 rings (SSSR count). The second kappa shape index (κ2) is 6.55. The van der Waals surface area contributed by atoms with E-state index >= 15 is 0 Å². The number of carbonyl (C=O) groups is 1. The standard InChI is InChI=1S/C13H16N4O3/c1-17-12(15-13(19)16-17)14-6-3-7-20-11-5-2-4-10(8-11)9-18/h2,4-5,8-9H,3,6-7H2,1H3,(H2,14,15,16,19). The molecule has 0 aliphatic carbocycles. The van der Waals surface area contributed by atoms with E-state index in [4.69, 9.17) is 4.74 Å². The van der Waals surface area contributed by atoms with Gasteiger partial charge in [0.05, 0.1) is 6.61 Å². The van der Waals surface area contributed by atoms with Gasteiger partial charge in [0.1, 0.15) is 12.0 Å². The second-order valence-corrected chi connectivity index (χ2v) is 4.23. The number of nitrogens with one attached hydrogen (secondary N) is 2. The Bertz CT molecular complexity index is 633. The molecule has 7 heteroatoms. The zero-order chi connectivity index (χ0) is 14.4. The maximum Gasteiger partial charge on any atom is 0.363 e. The first-order valence-corrected chi connectivity index (χ1v) is 6.24. The van der Waals surface area contributed by atoms with E-state index in [1.165, 1.54) is 4.68 Å². The fraction of sp³-hybridized carbons (Fsp3) is 0.308. The molecule has 0 unspecified atom stereocenters. The Morgan fingerprint density at radius 1 is 1.50 bits per heavy atom. The van der Waals surface area contributed by atoms with E-state index in [2.05, 4.69) is 15.4 Å². The van der Waals surface area contributed by atoms with Crippen LogP contribution in [0.25, 0.3) is 0 Å². The lowest BCUT2D eigenvalue weighted by Crippen LogP contribution is -2.10. The number of carbonyl (C=O) groups excluding carboxylic acids is 1. The van der Waals surface area contributed by atoms with Crippen molar-refractivity contribution in [3.63, 3.8) is 0 Å². The number of aryl methyl sites for hydroxylation is 1. The number of aromatic nitrogens is 3. The molecule has 0 saturated heterocycles. The van der Waals surface area contributed by atoms with E-state index in [0.717, 1.165) is 12.7 Å². The summed E-state index contributed by atoms with van der Waals surface area (Å²) in [7, 11) is 1.71. The minimum atomic E-state index is -0.378. The van der Waals surface area contributed by atoms with Gasteiger partial charge in [-0.2, -0.15) is 4.98 Å². The van der Waals surface area contributed by atoms with Gasteiger partial charge in [0.2, 0.25) is 5.95 Å². The van der Waals surface area contributed by atoms with Crippen LogP contribution >= 0.6 is 0 Å². The molecule has 0 fully saturated rings. The Balaban J connectivity index is 1.72. The third-order valence-electron chi connectivity index (χ3n) is 2.66. The molecule has 0 spiro atoms. The van der Waals surface area contributed by atoms with Gasteiger partial charge in [0.15, 0.2) is 0 Å². The van der Waals surface area contributed by atoms with Crippen LogP contribution in [0.4, 0.5) is 5.95 Å². The Morgan fingerprint density at radius 2 is 2.35 bits per heavy atom. The van der Waals surface area contributed by atoms with Crippen LogP contribution in [0.5, 0.6) is 5.75 Å². The van der Waals surface area contributed by atoms with Crippen molar-refractivity contribution >= 4 is 12.2 Å². The number of hydrogen-bond acceptors (Lipinski definition) is 5. The van der Waals surface area contributed by atoms with Crippen LogP contribution in [0.15, 0.2) is 29.1 Å². The minimum Gasteiger partial charge on any atom is -0.494 e. The zero-order valence-electron chi connectivity index (χ0n) is 11.1. The number of hydrogen-bond donors (Lipinski definition) is 2. The average Bonchev–Trinajstić information content (AvgIpc) is 2.77. The predicted octanol–water partition coefficient (Wildman–Crippen LogP) is 0.802. The highest BCUT2D eigenvalue weighted by molar-refractivity contribution is 5.75. The van der Waals surface area contributed by atoms with E-state index in [-0.39, 0.29) is 5.69 Å². The highest BCUT2D eigenvalue weighted by Crippen LogP contribution is 2.12. The molecule has 7 nitrogen and oxygen atoms in total. The smallest absolute Gasteiger partial charge is 0.363 e. The van der Waals surface area contributed by atoms with Crippen molar-refractivity contribution in [3.05, 3.63) is 40.3 Å². The zero-order valence-corrected chi connectivity index (χ0v) is 11.1. The molecule has 1 aromatic carbocycles. The van der Waals surface area contributed by atoms with Crippen molar-refractivity contribution in [2.45, 2.75) is 6.42 Å². The van der Waals surface area contributed by atoms with E-state index in [9.17, 15) is 9.59 Å². The molecular formula is C13H16N4O3. The number of anilines is 1. The molecule has 106 valence electrons. The van der Waals surface area contributed by atoms with Crippen LogP contribution in [-0.4, -0.2) is 34.2 Å². The van der Waals surface area contributed by atoms with Crippen LogP contribution in [-0.2, 0) is 7.05 Å². The summed E-state index contributed by atoms with van der Waals surface area (Å²) in [6.45, 7) is 1.14. The first-order chi connectivity index (χ1) is 9.69. The van der Waals surface area contributed by atoms with Crippen molar-refractivity contribution < 1.29 is 9.53 Å². The molecule has 2 N–H and O–H groups in total. The predicted molar refractivity (Wildman–Crippen MR) is 74.3 cm³/mol. The molecular weight excluding hydrogens is 260 g/mol. The summed E-state index contributed by atoms with van der Waals surface area (Å²) in [6, 6.07) is 6.99. The molecule has 0 atom stereocenters. The summed E-state index contributed by atoms with van der Waals surface area (Å²) in [5, 5.41) is 5.54. The SMILES string of the molecule is Cn1[nH]c(=O)nc1NCCCOc1cccc(C=O)c1. The summed E-state index contributed by atoms with van der Waals surface area (Å²) in [6.07, 6.45) is 1.53. The normalized spacial score (nSPS) is 10.2. The number of nitrogens with zero attached hydrogens (tertiary/aromatic N) is 2. The van der Waals surface area contributed by atoms with Crippen LogP contribution in [0.2, 0.25) is 0 Å². The van der Waals surface area contributed by atoms with Gasteiger partial charge in [-0.3, -0.25) is 9.48 Å². The number of aromatic amines is 1. The third-order valence-corrected chi connectivity index (χ3v) is 2.66. The molecule has 0 aliphatic heterocycles. The maximum atomic E-state index is 11.0. The highest BCUT2D eigenvalue weighted by atomic mass is 16.5. The number of aldehydes is 1. The monoisotopic (exact) mass is 276 g/mol. The fourth-order valence-electron chi connectivity index (χ4n) is 1.69. The number of H-pyrrole nitrogens is 1. The lowest BCUT2D eigenvalue weighted by molar-refractivity contribution is 0.112. The molecule has 0 bridgehead atoms. The Morgan fingerprint density at radius 3 is 3.05 bits per heavy atom. The quantitative estimate of drug-likeness (QED) is 0.577. The van der Waals surface area contributed by atoms with Crippen LogP contribution < -0.4 is 15.7 Å². The molecule has 0 radical (unpaired) electrons. The van der Waals surface area contributed by atoms with Crippen molar-refractivity contribution in [1.82, 2.24) is 14.8 Å². The first-order valence-electron chi connectivity index (χ1n) is 6.24. The maximum absolute atomic E-state index is 11.0. The highest BCUT2D eigenvalue weighted by Gasteiger charge is 2.01. The lowest BCUT2D eigenvalue weighted by Gasteiger charge is -2.07. The second-order valence-electron chi connectivity index (χ2n) is 4.23. The van der Waals surface area contributed by atoms with Crippen LogP contribution in [0, 0.1) is 0 Å². The van der Waals surface area contributed by atoms with Gasteiger partial charge in [-0.1, -0.05) is 12.1 Å². The molecule has 1 heterocycles. The van der Waals surface area contributed by atoms with Gasteiger partial charge in [-0.25, -0.2) is 9.89 Å². The lowest BCUT2D eigenvalue weighted by atomic mass is 10.2. The summed E-state index contributed by atoms with van der Waals surface area (Å²) in [4.78, 5) is 25.3. The molecule has 0 amide bonds. The van der Waals surface area contributed by atoms with Crippen molar-refractivity contribution in [2.75, 3.05) is 18.5 Å². The summed E-state index contributed by atoms with van der Waals surface area (Å²) < 4.78 is 7.05. The van der Waals surface area contributed by atoms with Gasteiger partial charge in [0, 0.05) is 19.2 Å². The third kappa shape index (κ3) is 3.71. The van der Waals surface area contributed by atoms with E-state index < -0.39 is 0 Å². The summed E-state index contributed by atoms with van der Waals surface area (Å²) >= 11 is 0. The van der Waals surface area contributed by atoms with Gasteiger partial charge in [-0.05, 0) is 18.6 Å². The summed E-state index contributed by atoms with van der Waals surface area (Å²) in [5.74, 6) is 1.17. The largest absolute Gasteiger partial charge is 0.494 e. The van der Waals surface area contributed by atoms with E-state index in [0.29, 0.717) is 30.4 Å². The Labute approximate surface area is 115 Å². The van der Waals surface area contributed by atoms with Crippen LogP contribution in [0.1, 0.15) is 16.8 Å². The topological polar surface area (TPSA) is 89.0 Å². The van der Waals surface area contributed by atoms with E-state index in [1.807, 2.05) is 0 Å². The summed E-state index contributed by atoms with van der Waals surface area (Å²) in [5.41, 5.74) is 0.212. The van der Waals surface area contributed by atoms with Crippen molar-refractivity contribution in [2.24, 2.45) is 7.05 Å². The van der Waals surface area contributed by atoms with Gasteiger partial charge in [0.25, 0.3) is 0 Å². The molecule has 0 saturated carbocycles. The first kappa shape index (κ1) is 13.9. The molecule has 20 heavy (non-hydrogen) atoms. The molecule has 2 aromatic rings. The molecule has 0 aliphatic rings.